The van der Waals surface area contributed by atoms with E-state index in [4.69, 9.17) is 0 Å². The first kappa shape index (κ1) is 13.9. The van der Waals surface area contributed by atoms with Crippen molar-refractivity contribution in [2.75, 3.05) is 4.90 Å². The first-order chi connectivity index (χ1) is 9.91. The molecule has 21 heavy (non-hydrogen) atoms. The molecule has 2 aromatic carbocycles. The Bertz CT molecular complexity index is 760. The lowest BCUT2D eigenvalue weighted by Crippen LogP contribution is -2.30. The highest BCUT2D eigenvalue weighted by Crippen LogP contribution is 2.36. The molecule has 0 spiro atoms. The van der Waals surface area contributed by atoms with Gasteiger partial charge in [0.1, 0.15) is 5.82 Å². The first-order valence-corrected chi connectivity index (χ1v) is 7.15. The minimum atomic E-state index is -0.502. The van der Waals surface area contributed by atoms with Crippen LogP contribution in [0.4, 0.5) is 10.1 Å². The Kier molecular flexibility index (Phi) is 3.17. The molecule has 0 atom stereocenters. The van der Waals surface area contributed by atoms with Crippen molar-refractivity contribution in [1.82, 2.24) is 0 Å². The topological polar surface area (TPSA) is 37.4 Å². The summed E-state index contributed by atoms with van der Waals surface area (Å²) in [6.07, 6.45) is 0. The van der Waals surface area contributed by atoms with Gasteiger partial charge in [0, 0.05) is 4.47 Å². The molecule has 0 fully saturated rings. The monoisotopic (exact) mass is 347 g/mol. The Morgan fingerprint density at radius 1 is 0.952 bits per heavy atom. The first-order valence-electron chi connectivity index (χ1n) is 6.36. The molecule has 0 saturated heterocycles. The second-order valence-corrected chi connectivity index (χ2v) is 5.85. The molecule has 3 rings (SSSR count). The van der Waals surface area contributed by atoms with Crippen LogP contribution >= 0.6 is 15.9 Å². The van der Waals surface area contributed by atoms with Crippen molar-refractivity contribution in [3.63, 3.8) is 0 Å². The molecule has 0 bridgehead atoms. The number of nitrogens with zero attached hydrogens (tertiary/aromatic N) is 1. The molecular formula is C16H11BrFNO2. The van der Waals surface area contributed by atoms with Crippen LogP contribution in [-0.2, 0) is 0 Å². The van der Waals surface area contributed by atoms with Crippen LogP contribution in [0.3, 0.4) is 0 Å². The molecule has 2 aromatic rings. The van der Waals surface area contributed by atoms with E-state index in [1.54, 1.807) is 13.8 Å². The highest BCUT2D eigenvalue weighted by molar-refractivity contribution is 9.10. The van der Waals surface area contributed by atoms with Crippen molar-refractivity contribution in [2.24, 2.45) is 0 Å². The highest BCUT2D eigenvalue weighted by atomic mass is 79.9. The number of hydrogen-bond acceptors (Lipinski definition) is 2. The number of fused-ring (bicyclic) bond motifs is 1. The van der Waals surface area contributed by atoms with Gasteiger partial charge in [0.15, 0.2) is 0 Å². The predicted molar refractivity (Wildman–Crippen MR) is 81.2 cm³/mol. The lowest BCUT2D eigenvalue weighted by atomic mass is 9.99. The van der Waals surface area contributed by atoms with E-state index >= 15 is 0 Å². The minimum Gasteiger partial charge on any atom is -0.268 e. The third kappa shape index (κ3) is 2.00. The number of benzene rings is 2. The molecule has 1 aliphatic rings. The van der Waals surface area contributed by atoms with Crippen molar-refractivity contribution in [2.45, 2.75) is 13.8 Å². The highest BCUT2D eigenvalue weighted by Gasteiger charge is 2.39. The number of hydrogen-bond donors (Lipinski definition) is 0. The number of rotatable bonds is 1. The maximum absolute atomic E-state index is 13.5. The minimum absolute atomic E-state index is 0.222. The van der Waals surface area contributed by atoms with Crippen molar-refractivity contribution in [3.8, 4) is 0 Å². The molecule has 0 radical (unpaired) electrons. The Morgan fingerprint density at radius 2 is 1.48 bits per heavy atom. The van der Waals surface area contributed by atoms with Gasteiger partial charge in [0.25, 0.3) is 11.8 Å². The lowest BCUT2D eigenvalue weighted by Gasteiger charge is -2.15. The maximum Gasteiger partial charge on any atom is 0.266 e. The van der Waals surface area contributed by atoms with Gasteiger partial charge in [-0.05, 0) is 59.1 Å². The van der Waals surface area contributed by atoms with Crippen LogP contribution in [0.15, 0.2) is 34.8 Å². The van der Waals surface area contributed by atoms with Crippen LogP contribution in [0.1, 0.15) is 31.8 Å². The maximum atomic E-state index is 13.5. The Balaban J connectivity index is 2.23. The average molecular weight is 348 g/mol. The molecule has 1 aliphatic heterocycles. The van der Waals surface area contributed by atoms with Crippen molar-refractivity contribution in [3.05, 3.63) is 62.9 Å². The smallest absolute Gasteiger partial charge is 0.266 e. The van der Waals surface area contributed by atoms with E-state index in [1.165, 1.54) is 18.2 Å². The van der Waals surface area contributed by atoms with Gasteiger partial charge in [0.05, 0.1) is 16.8 Å². The quantitative estimate of drug-likeness (QED) is 0.731. The summed E-state index contributed by atoms with van der Waals surface area (Å²) in [5.41, 5.74) is 2.50. The summed E-state index contributed by atoms with van der Waals surface area (Å²) in [5, 5.41) is 0. The van der Waals surface area contributed by atoms with Crippen LogP contribution in [0, 0.1) is 19.7 Å². The molecule has 5 heteroatoms. The number of imide groups is 1. The molecule has 0 aromatic heterocycles. The van der Waals surface area contributed by atoms with Gasteiger partial charge in [-0.3, -0.25) is 9.59 Å². The molecule has 0 unspecified atom stereocenters. The second kappa shape index (κ2) is 4.77. The van der Waals surface area contributed by atoms with Crippen LogP contribution in [-0.4, -0.2) is 11.8 Å². The third-order valence-corrected chi connectivity index (χ3v) is 4.28. The van der Waals surface area contributed by atoms with E-state index in [9.17, 15) is 14.0 Å². The Morgan fingerprint density at radius 3 is 2.00 bits per heavy atom. The zero-order valence-electron chi connectivity index (χ0n) is 11.4. The number of halogens is 2. The van der Waals surface area contributed by atoms with E-state index in [0.29, 0.717) is 15.6 Å². The summed E-state index contributed by atoms with van der Waals surface area (Å²) >= 11 is 3.26. The molecule has 0 N–H and O–H groups in total. The van der Waals surface area contributed by atoms with Crippen LogP contribution in [0.5, 0.6) is 0 Å². The molecule has 2 amide bonds. The van der Waals surface area contributed by atoms with Gasteiger partial charge in [0.2, 0.25) is 0 Å². The van der Waals surface area contributed by atoms with E-state index in [0.717, 1.165) is 16.0 Å². The summed E-state index contributed by atoms with van der Waals surface area (Å²) in [4.78, 5) is 26.2. The van der Waals surface area contributed by atoms with Crippen molar-refractivity contribution in [1.29, 1.82) is 0 Å². The molecule has 1 heterocycles. The summed E-state index contributed by atoms with van der Waals surface area (Å²) < 4.78 is 14.0. The van der Waals surface area contributed by atoms with E-state index in [1.807, 2.05) is 12.1 Å². The third-order valence-electron chi connectivity index (χ3n) is 3.61. The largest absolute Gasteiger partial charge is 0.268 e. The predicted octanol–water partition coefficient (Wildman–Crippen LogP) is 4.01. The summed E-state index contributed by atoms with van der Waals surface area (Å²) in [6.45, 7) is 3.57. The Labute approximate surface area is 129 Å². The summed E-state index contributed by atoms with van der Waals surface area (Å²) in [6, 6.07) is 7.54. The second-order valence-electron chi connectivity index (χ2n) is 4.99. The molecule has 106 valence electrons. The van der Waals surface area contributed by atoms with Gasteiger partial charge in [-0.1, -0.05) is 12.1 Å². The van der Waals surface area contributed by atoms with Gasteiger partial charge < -0.3 is 0 Å². The van der Waals surface area contributed by atoms with Crippen LogP contribution in [0.25, 0.3) is 0 Å². The fraction of sp³-hybridized carbons (Fsp3) is 0.125. The van der Waals surface area contributed by atoms with E-state index in [2.05, 4.69) is 15.9 Å². The van der Waals surface area contributed by atoms with Crippen LogP contribution < -0.4 is 4.90 Å². The molecule has 0 aliphatic carbocycles. The number of amides is 2. The standard InChI is InChI=1S/C16H11BrFNO2/c1-8-3-4-9(2)14-13(8)15(20)19(16(14)21)12-7-10(18)5-6-11(12)17/h3-7H,1-2H3. The van der Waals surface area contributed by atoms with Gasteiger partial charge in [-0.25, -0.2) is 9.29 Å². The fourth-order valence-electron chi connectivity index (χ4n) is 2.55. The van der Waals surface area contributed by atoms with Crippen molar-refractivity contribution < 1.29 is 14.0 Å². The zero-order chi connectivity index (χ0) is 15.3. The SMILES string of the molecule is Cc1ccc(C)c2c1C(=O)N(c1cc(F)ccc1Br)C2=O. The van der Waals surface area contributed by atoms with Gasteiger partial charge in [-0.15, -0.1) is 0 Å². The number of aryl methyl sites for hydroxylation is 2. The van der Waals surface area contributed by atoms with Crippen molar-refractivity contribution >= 4 is 33.4 Å². The van der Waals surface area contributed by atoms with Gasteiger partial charge >= 0.3 is 0 Å². The van der Waals surface area contributed by atoms with Gasteiger partial charge in [-0.2, -0.15) is 0 Å². The number of anilines is 1. The van der Waals surface area contributed by atoms with E-state index in [-0.39, 0.29) is 5.69 Å². The van der Waals surface area contributed by atoms with E-state index < -0.39 is 17.6 Å². The summed E-state index contributed by atoms with van der Waals surface area (Å²) in [7, 11) is 0. The molecule has 0 saturated carbocycles. The zero-order valence-corrected chi connectivity index (χ0v) is 13.0. The summed E-state index contributed by atoms with van der Waals surface area (Å²) in [5.74, 6) is -1.33. The number of carbonyl (C=O) groups is 2. The fourth-order valence-corrected chi connectivity index (χ4v) is 2.98. The average Bonchev–Trinajstić information content (AvgIpc) is 2.70. The number of carbonyl (C=O) groups excluding carboxylic acids is 2. The molecular weight excluding hydrogens is 337 g/mol. The Hall–Kier alpha value is -2.01. The van der Waals surface area contributed by atoms with Crippen LogP contribution in [0.2, 0.25) is 0 Å². The lowest BCUT2D eigenvalue weighted by molar-refractivity contribution is 0.0925. The molecule has 3 nitrogen and oxygen atoms in total. The normalized spacial score (nSPS) is 13.8.